The summed E-state index contributed by atoms with van der Waals surface area (Å²) in [5, 5.41) is 2.36. The number of carbonyl (C=O) groups is 3. The molecule has 8 heteroatoms. The van der Waals surface area contributed by atoms with Crippen molar-refractivity contribution >= 4 is 17.7 Å². The maximum Gasteiger partial charge on any atom is 0.255 e. The van der Waals surface area contributed by atoms with E-state index in [9.17, 15) is 14.4 Å². The molecule has 1 N–H and O–H groups in total. The highest BCUT2D eigenvalue weighted by molar-refractivity contribution is 6.05. The molecule has 1 unspecified atom stereocenters. The zero-order valence-electron chi connectivity index (χ0n) is 21.3. The number of piperidine rings is 1. The van der Waals surface area contributed by atoms with Crippen LogP contribution in [0.1, 0.15) is 39.9 Å². The summed E-state index contributed by atoms with van der Waals surface area (Å²) in [7, 11) is 0. The second kappa shape index (κ2) is 10.5. The Morgan fingerprint density at radius 2 is 1.58 bits per heavy atom. The van der Waals surface area contributed by atoms with Crippen LogP contribution in [0.5, 0.6) is 0 Å². The van der Waals surface area contributed by atoms with Crippen LogP contribution in [0.15, 0.2) is 66.9 Å². The van der Waals surface area contributed by atoms with E-state index in [1.165, 1.54) is 11.1 Å². The van der Waals surface area contributed by atoms with Crippen LogP contribution in [0.2, 0.25) is 0 Å². The molecule has 0 spiro atoms. The fourth-order valence-electron chi connectivity index (χ4n) is 5.67. The van der Waals surface area contributed by atoms with Gasteiger partial charge in [-0.2, -0.15) is 0 Å². The number of rotatable bonds is 6. The molecule has 1 aromatic heterocycles. The maximum atomic E-state index is 13.0. The molecule has 0 radical (unpaired) electrons. The molecule has 4 heterocycles. The number of imide groups is 1. The average molecular weight is 510 g/mol. The van der Waals surface area contributed by atoms with E-state index in [1.54, 1.807) is 4.90 Å². The molecule has 0 saturated carbocycles. The van der Waals surface area contributed by atoms with Gasteiger partial charge in [0.2, 0.25) is 11.8 Å². The second-order valence-corrected chi connectivity index (χ2v) is 10.4. The van der Waals surface area contributed by atoms with Gasteiger partial charge in [-0.15, -0.1) is 0 Å². The summed E-state index contributed by atoms with van der Waals surface area (Å²) in [6, 6.07) is 20.0. The van der Waals surface area contributed by atoms with E-state index in [0.717, 1.165) is 56.1 Å². The van der Waals surface area contributed by atoms with Gasteiger partial charge < -0.3 is 4.90 Å². The van der Waals surface area contributed by atoms with Crippen LogP contribution in [-0.4, -0.2) is 69.6 Å². The molecule has 38 heavy (non-hydrogen) atoms. The number of hydrogen-bond acceptors (Lipinski definition) is 6. The normalized spacial score (nSPS) is 20.5. The number of benzene rings is 2. The van der Waals surface area contributed by atoms with E-state index in [0.29, 0.717) is 18.5 Å². The monoisotopic (exact) mass is 509 g/mol. The SMILES string of the molecule is O=C1CCC(N2Cc3cc(-c4cc(CN5CCN(Cc6ccccc6)CC5)ccn4)ccc3C2=O)C(=O)N1. The number of carbonyl (C=O) groups excluding carboxylic acids is 3. The molecule has 2 saturated heterocycles. The fourth-order valence-corrected chi connectivity index (χ4v) is 5.67. The smallest absolute Gasteiger partial charge is 0.255 e. The first-order chi connectivity index (χ1) is 18.5. The Labute approximate surface area is 222 Å². The van der Waals surface area contributed by atoms with Gasteiger partial charge in [-0.3, -0.25) is 34.5 Å². The minimum Gasteiger partial charge on any atom is -0.322 e. The predicted octanol–water partition coefficient (Wildman–Crippen LogP) is 2.83. The lowest BCUT2D eigenvalue weighted by Gasteiger charge is -2.34. The molecule has 2 aromatic carbocycles. The summed E-state index contributed by atoms with van der Waals surface area (Å²) >= 11 is 0. The quantitative estimate of drug-likeness (QED) is 0.515. The molecule has 1 atom stereocenters. The Bertz CT molecular complexity index is 1370. The first kappa shape index (κ1) is 24.5. The number of nitrogens with one attached hydrogen (secondary N) is 1. The lowest BCUT2D eigenvalue weighted by Crippen LogP contribution is -2.52. The van der Waals surface area contributed by atoms with Gasteiger partial charge >= 0.3 is 0 Å². The van der Waals surface area contributed by atoms with Crippen molar-refractivity contribution in [3.05, 3.63) is 89.1 Å². The summed E-state index contributed by atoms with van der Waals surface area (Å²) in [5.41, 5.74) is 5.90. The van der Waals surface area contributed by atoms with E-state index in [2.05, 4.69) is 62.6 Å². The van der Waals surface area contributed by atoms with Gasteiger partial charge in [0.05, 0.1) is 5.69 Å². The number of fused-ring (bicyclic) bond motifs is 1. The molecule has 0 bridgehead atoms. The molecular weight excluding hydrogens is 478 g/mol. The summed E-state index contributed by atoms with van der Waals surface area (Å²) in [4.78, 5) is 48.0. The highest BCUT2D eigenvalue weighted by atomic mass is 16.2. The van der Waals surface area contributed by atoms with Crippen LogP contribution in [0.25, 0.3) is 11.3 Å². The van der Waals surface area contributed by atoms with Crippen LogP contribution >= 0.6 is 0 Å². The highest BCUT2D eigenvalue weighted by Crippen LogP contribution is 2.31. The topological polar surface area (TPSA) is 85.9 Å². The summed E-state index contributed by atoms with van der Waals surface area (Å²) in [5.74, 6) is -0.829. The van der Waals surface area contributed by atoms with Crippen molar-refractivity contribution < 1.29 is 14.4 Å². The lowest BCUT2D eigenvalue weighted by molar-refractivity contribution is -0.136. The van der Waals surface area contributed by atoms with Crippen LogP contribution in [0.3, 0.4) is 0 Å². The van der Waals surface area contributed by atoms with Crippen LogP contribution in [0.4, 0.5) is 0 Å². The zero-order valence-corrected chi connectivity index (χ0v) is 21.3. The molecule has 3 aliphatic heterocycles. The Kier molecular flexibility index (Phi) is 6.74. The van der Waals surface area contributed by atoms with Gasteiger partial charge in [0.25, 0.3) is 5.91 Å². The third-order valence-electron chi connectivity index (χ3n) is 7.76. The van der Waals surface area contributed by atoms with E-state index in [-0.39, 0.29) is 18.2 Å². The number of hydrogen-bond donors (Lipinski definition) is 1. The molecule has 0 aliphatic carbocycles. The number of piperazine rings is 1. The van der Waals surface area contributed by atoms with Crippen molar-refractivity contribution in [1.82, 2.24) is 25.0 Å². The second-order valence-electron chi connectivity index (χ2n) is 10.4. The van der Waals surface area contributed by atoms with Crippen molar-refractivity contribution in [2.45, 2.75) is 38.5 Å². The minimum atomic E-state index is -0.606. The first-order valence-electron chi connectivity index (χ1n) is 13.2. The van der Waals surface area contributed by atoms with Gasteiger partial charge in [-0.05, 0) is 47.4 Å². The summed E-state index contributed by atoms with van der Waals surface area (Å²) in [6.45, 7) is 6.40. The molecule has 194 valence electrons. The van der Waals surface area contributed by atoms with Gasteiger partial charge in [0.1, 0.15) is 6.04 Å². The third kappa shape index (κ3) is 5.10. The highest BCUT2D eigenvalue weighted by Gasteiger charge is 2.39. The van der Waals surface area contributed by atoms with Gasteiger partial charge in [0, 0.05) is 69.6 Å². The van der Waals surface area contributed by atoms with Crippen molar-refractivity contribution in [3.8, 4) is 11.3 Å². The number of nitrogens with zero attached hydrogens (tertiary/aromatic N) is 4. The average Bonchev–Trinajstić information content (AvgIpc) is 3.26. The maximum absolute atomic E-state index is 13.0. The lowest BCUT2D eigenvalue weighted by atomic mass is 10.0. The van der Waals surface area contributed by atoms with E-state index in [4.69, 9.17) is 0 Å². The number of amides is 3. The summed E-state index contributed by atoms with van der Waals surface area (Å²) in [6.07, 6.45) is 2.46. The molecule has 3 aliphatic rings. The number of pyridine rings is 1. The van der Waals surface area contributed by atoms with Crippen molar-refractivity contribution in [2.75, 3.05) is 26.2 Å². The van der Waals surface area contributed by atoms with Crippen LogP contribution in [-0.2, 0) is 29.2 Å². The van der Waals surface area contributed by atoms with E-state index in [1.807, 2.05) is 24.4 Å². The van der Waals surface area contributed by atoms with Crippen molar-refractivity contribution in [2.24, 2.45) is 0 Å². The molecular formula is C30H31N5O3. The van der Waals surface area contributed by atoms with E-state index < -0.39 is 11.9 Å². The van der Waals surface area contributed by atoms with Gasteiger partial charge in [0.15, 0.2) is 0 Å². The van der Waals surface area contributed by atoms with Crippen molar-refractivity contribution in [3.63, 3.8) is 0 Å². The van der Waals surface area contributed by atoms with Crippen LogP contribution in [0, 0.1) is 0 Å². The standard InChI is InChI=1S/C30H31N5O3/c36-28-9-8-27(29(37)32-28)35-20-24-17-23(6-7-25(24)30(35)38)26-16-22(10-11-31-26)19-34-14-12-33(13-15-34)18-21-4-2-1-3-5-21/h1-7,10-11,16-17,27H,8-9,12-15,18-20H2,(H,32,36,37). The molecule has 8 nitrogen and oxygen atoms in total. The molecule has 6 rings (SSSR count). The summed E-state index contributed by atoms with van der Waals surface area (Å²) < 4.78 is 0. The Morgan fingerprint density at radius 1 is 0.842 bits per heavy atom. The predicted molar refractivity (Wildman–Crippen MR) is 143 cm³/mol. The largest absolute Gasteiger partial charge is 0.322 e. The number of aromatic nitrogens is 1. The van der Waals surface area contributed by atoms with E-state index >= 15 is 0 Å². The Balaban J connectivity index is 1.10. The minimum absolute atomic E-state index is 0.158. The fraction of sp³-hybridized carbons (Fsp3) is 0.333. The van der Waals surface area contributed by atoms with Crippen molar-refractivity contribution in [1.29, 1.82) is 0 Å². The Hall–Kier alpha value is -3.88. The first-order valence-corrected chi connectivity index (χ1v) is 13.2. The third-order valence-corrected chi connectivity index (χ3v) is 7.76. The molecule has 3 aromatic rings. The van der Waals surface area contributed by atoms with Crippen LogP contribution < -0.4 is 5.32 Å². The molecule has 2 fully saturated rings. The molecule has 3 amide bonds. The zero-order chi connectivity index (χ0) is 26.1. The van der Waals surface area contributed by atoms with Gasteiger partial charge in [-0.1, -0.05) is 36.4 Å². The van der Waals surface area contributed by atoms with Gasteiger partial charge in [-0.25, -0.2) is 0 Å². The Morgan fingerprint density at radius 3 is 2.32 bits per heavy atom.